The molecule has 20 heavy (non-hydrogen) atoms. The van der Waals surface area contributed by atoms with Gasteiger partial charge >= 0.3 is 5.97 Å². The maximum Gasteiger partial charge on any atom is 0.373 e. The molecule has 0 aromatic carbocycles. The third-order valence-corrected chi connectivity index (χ3v) is 4.32. The molecule has 0 radical (unpaired) electrons. The second-order valence-electron chi connectivity index (χ2n) is 4.34. The highest BCUT2D eigenvalue weighted by Crippen LogP contribution is 2.30. The zero-order valence-corrected chi connectivity index (χ0v) is 12.8. The van der Waals surface area contributed by atoms with Crippen LogP contribution in [0.3, 0.4) is 0 Å². The van der Waals surface area contributed by atoms with Gasteiger partial charge in [-0.2, -0.15) is 0 Å². The molecule has 2 aromatic rings. The highest BCUT2D eigenvalue weighted by atomic mass is 32.1. The van der Waals surface area contributed by atoms with Gasteiger partial charge in [0, 0.05) is 9.75 Å². The summed E-state index contributed by atoms with van der Waals surface area (Å²) >= 11 is 1.76. The predicted molar refractivity (Wildman–Crippen MR) is 79.3 cm³/mol. The Labute approximate surface area is 122 Å². The van der Waals surface area contributed by atoms with Crippen molar-refractivity contribution in [2.45, 2.75) is 26.3 Å². The number of nitrogens with one attached hydrogen (secondary N) is 1. The standard InChI is InChI=1S/C15H19NO3S/c1-4-10-6-9-13(20-10)14(16-5-2)11-7-8-12(19-11)15(17)18-3/h6-9,14,16H,4-5H2,1-3H3. The Morgan fingerprint density at radius 2 is 2.15 bits per heavy atom. The van der Waals surface area contributed by atoms with Crippen molar-refractivity contribution >= 4 is 17.3 Å². The van der Waals surface area contributed by atoms with Gasteiger partial charge < -0.3 is 14.5 Å². The number of methoxy groups -OCH3 is 1. The van der Waals surface area contributed by atoms with Crippen molar-refractivity contribution in [3.63, 3.8) is 0 Å². The van der Waals surface area contributed by atoms with E-state index >= 15 is 0 Å². The molecule has 108 valence electrons. The summed E-state index contributed by atoms with van der Waals surface area (Å²) in [4.78, 5) is 14.0. The number of carbonyl (C=O) groups excluding carboxylic acids is 1. The summed E-state index contributed by atoms with van der Waals surface area (Å²) in [6.45, 7) is 5.00. The molecule has 1 atom stereocenters. The van der Waals surface area contributed by atoms with Crippen LogP contribution in [0.2, 0.25) is 0 Å². The van der Waals surface area contributed by atoms with Crippen molar-refractivity contribution in [2.24, 2.45) is 0 Å². The average Bonchev–Trinajstić information content (AvgIpc) is 3.13. The number of ether oxygens (including phenoxy) is 1. The fraction of sp³-hybridized carbons (Fsp3) is 0.400. The minimum absolute atomic E-state index is 0.0243. The first-order valence-corrected chi connectivity index (χ1v) is 7.51. The molecule has 0 spiro atoms. The van der Waals surface area contributed by atoms with Crippen molar-refractivity contribution < 1.29 is 13.9 Å². The number of rotatable bonds is 6. The molecule has 0 aliphatic rings. The van der Waals surface area contributed by atoms with Crippen LogP contribution in [0.1, 0.15) is 46.0 Å². The monoisotopic (exact) mass is 293 g/mol. The SMILES string of the molecule is CCNC(c1ccc(C(=O)OC)o1)c1ccc(CC)s1. The first-order valence-electron chi connectivity index (χ1n) is 6.69. The molecule has 0 aliphatic heterocycles. The van der Waals surface area contributed by atoms with Crippen LogP contribution in [0.5, 0.6) is 0 Å². The third kappa shape index (κ3) is 3.11. The van der Waals surface area contributed by atoms with E-state index in [0.29, 0.717) is 0 Å². The summed E-state index contributed by atoms with van der Waals surface area (Å²) in [6, 6.07) is 7.69. The first kappa shape index (κ1) is 14.8. The van der Waals surface area contributed by atoms with E-state index in [0.717, 1.165) is 18.7 Å². The predicted octanol–water partition coefficient (Wildman–Crippen LogP) is 3.39. The van der Waals surface area contributed by atoms with Crippen LogP contribution in [0.25, 0.3) is 0 Å². The maximum absolute atomic E-state index is 11.5. The quantitative estimate of drug-likeness (QED) is 0.829. The Balaban J connectivity index is 2.28. The molecule has 0 amide bonds. The summed E-state index contributed by atoms with van der Waals surface area (Å²) in [5, 5.41) is 3.39. The van der Waals surface area contributed by atoms with Gasteiger partial charge in [-0.1, -0.05) is 13.8 Å². The van der Waals surface area contributed by atoms with Crippen LogP contribution in [0.4, 0.5) is 0 Å². The number of hydrogen-bond acceptors (Lipinski definition) is 5. The minimum atomic E-state index is -0.452. The van der Waals surface area contributed by atoms with Crippen LogP contribution in [-0.2, 0) is 11.2 Å². The van der Waals surface area contributed by atoms with E-state index in [1.54, 1.807) is 17.4 Å². The lowest BCUT2D eigenvalue weighted by Gasteiger charge is -2.13. The highest BCUT2D eigenvalue weighted by molar-refractivity contribution is 7.12. The van der Waals surface area contributed by atoms with E-state index in [2.05, 4.69) is 29.1 Å². The lowest BCUT2D eigenvalue weighted by Crippen LogP contribution is -2.20. The smallest absolute Gasteiger partial charge is 0.373 e. The molecule has 1 N–H and O–H groups in total. The van der Waals surface area contributed by atoms with Crippen molar-refractivity contribution in [2.75, 3.05) is 13.7 Å². The summed E-state index contributed by atoms with van der Waals surface area (Å²) in [5.74, 6) is 0.515. The van der Waals surface area contributed by atoms with Crippen LogP contribution >= 0.6 is 11.3 Å². The van der Waals surface area contributed by atoms with E-state index in [1.807, 2.05) is 13.0 Å². The summed E-state index contributed by atoms with van der Waals surface area (Å²) in [7, 11) is 1.35. The number of esters is 1. The van der Waals surface area contributed by atoms with E-state index in [1.165, 1.54) is 16.9 Å². The van der Waals surface area contributed by atoms with E-state index < -0.39 is 5.97 Å². The zero-order valence-electron chi connectivity index (χ0n) is 11.9. The topological polar surface area (TPSA) is 51.5 Å². The van der Waals surface area contributed by atoms with Gasteiger partial charge in [0.25, 0.3) is 0 Å². The summed E-state index contributed by atoms with van der Waals surface area (Å²) in [5.41, 5.74) is 0. The van der Waals surface area contributed by atoms with Gasteiger partial charge in [0.05, 0.1) is 7.11 Å². The molecule has 0 saturated carbocycles. The molecule has 2 heterocycles. The summed E-state index contributed by atoms with van der Waals surface area (Å²) < 4.78 is 10.3. The number of furan rings is 1. The molecule has 0 fully saturated rings. The second kappa shape index (κ2) is 6.72. The van der Waals surface area contributed by atoms with Crippen molar-refractivity contribution in [3.8, 4) is 0 Å². The fourth-order valence-corrected chi connectivity index (χ4v) is 3.04. The van der Waals surface area contributed by atoms with Gasteiger partial charge in [-0.25, -0.2) is 4.79 Å². The maximum atomic E-state index is 11.5. The first-order chi connectivity index (χ1) is 9.69. The van der Waals surface area contributed by atoms with Gasteiger partial charge in [0.1, 0.15) is 11.8 Å². The Bertz CT molecular complexity index is 573. The largest absolute Gasteiger partial charge is 0.463 e. The van der Waals surface area contributed by atoms with Crippen LogP contribution < -0.4 is 5.32 Å². The van der Waals surface area contributed by atoms with Gasteiger partial charge in [0.2, 0.25) is 5.76 Å². The Morgan fingerprint density at radius 1 is 1.35 bits per heavy atom. The second-order valence-corrected chi connectivity index (χ2v) is 5.54. The van der Waals surface area contributed by atoms with Gasteiger partial charge in [0.15, 0.2) is 0 Å². The Kier molecular flexibility index (Phi) is 4.98. The van der Waals surface area contributed by atoms with Crippen LogP contribution in [0, 0.1) is 0 Å². The van der Waals surface area contributed by atoms with Crippen molar-refractivity contribution in [3.05, 3.63) is 45.5 Å². The van der Waals surface area contributed by atoms with Gasteiger partial charge in [-0.05, 0) is 37.2 Å². The fourth-order valence-electron chi connectivity index (χ4n) is 2.00. The number of aryl methyl sites for hydroxylation is 1. The van der Waals surface area contributed by atoms with Gasteiger partial charge in [-0.3, -0.25) is 0 Å². The number of hydrogen-bond donors (Lipinski definition) is 1. The molecule has 0 saturated heterocycles. The van der Waals surface area contributed by atoms with Gasteiger partial charge in [-0.15, -0.1) is 11.3 Å². The molecule has 5 heteroatoms. The van der Waals surface area contributed by atoms with E-state index in [9.17, 15) is 4.79 Å². The summed E-state index contributed by atoms with van der Waals surface area (Å²) in [6.07, 6.45) is 1.02. The number of carbonyl (C=O) groups is 1. The van der Waals surface area contributed by atoms with Crippen molar-refractivity contribution in [1.29, 1.82) is 0 Å². The Hall–Kier alpha value is -1.59. The molecule has 2 aromatic heterocycles. The molecule has 0 aliphatic carbocycles. The van der Waals surface area contributed by atoms with E-state index in [-0.39, 0.29) is 11.8 Å². The Morgan fingerprint density at radius 3 is 2.75 bits per heavy atom. The van der Waals surface area contributed by atoms with E-state index in [4.69, 9.17) is 4.42 Å². The lowest BCUT2D eigenvalue weighted by atomic mass is 10.2. The molecular formula is C15H19NO3S. The molecule has 1 unspecified atom stereocenters. The normalized spacial score (nSPS) is 12.3. The van der Waals surface area contributed by atoms with Crippen molar-refractivity contribution in [1.82, 2.24) is 5.32 Å². The molecule has 4 nitrogen and oxygen atoms in total. The average molecular weight is 293 g/mol. The molecule has 2 rings (SSSR count). The highest BCUT2D eigenvalue weighted by Gasteiger charge is 2.21. The minimum Gasteiger partial charge on any atom is -0.463 e. The van der Waals surface area contributed by atoms with Crippen LogP contribution in [0.15, 0.2) is 28.7 Å². The zero-order chi connectivity index (χ0) is 14.5. The third-order valence-electron chi connectivity index (χ3n) is 3.02. The molecular weight excluding hydrogens is 274 g/mol. The number of thiophene rings is 1. The lowest BCUT2D eigenvalue weighted by molar-refractivity contribution is 0.0562. The van der Waals surface area contributed by atoms with Crippen LogP contribution in [-0.4, -0.2) is 19.6 Å². The molecule has 0 bridgehead atoms.